The summed E-state index contributed by atoms with van der Waals surface area (Å²) in [5.41, 5.74) is 1.82. The maximum atomic E-state index is 12.6. The Balaban J connectivity index is 1.76. The van der Waals surface area contributed by atoms with Crippen LogP contribution < -0.4 is 10.1 Å². The van der Waals surface area contributed by atoms with Crippen LogP contribution in [0.3, 0.4) is 0 Å². The van der Waals surface area contributed by atoms with Gasteiger partial charge in [-0.3, -0.25) is 9.69 Å². The number of hydrogen-bond acceptors (Lipinski definition) is 3. The fraction of sp³-hybridized carbons (Fsp3) is 0.238. The molecule has 0 bridgehead atoms. The Morgan fingerprint density at radius 3 is 2.59 bits per heavy atom. The number of carbonyl (C=O) groups is 2. The van der Waals surface area contributed by atoms with Crippen LogP contribution in [0.5, 0.6) is 5.75 Å². The van der Waals surface area contributed by atoms with Crippen LogP contribution in [-0.2, 0) is 11.3 Å². The van der Waals surface area contributed by atoms with E-state index in [0.29, 0.717) is 16.3 Å². The van der Waals surface area contributed by atoms with Crippen molar-refractivity contribution in [2.45, 2.75) is 32.9 Å². The third-order valence-corrected chi connectivity index (χ3v) is 4.61. The second-order valence-corrected chi connectivity index (χ2v) is 6.80. The molecule has 1 N–H and O–H groups in total. The molecule has 3 amide bonds. The minimum Gasteiger partial charge on any atom is -0.489 e. The molecule has 6 heteroatoms. The minimum absolute atomic E-state index is 0.0638. The summed E-state index contributed by atoms with van der Waals surface area (Å²) in [7, 11) is 0. The number of amides is 3. The number of ether oxygens (including phenoxy) is 1. The van der Waals surface area contributed by atoms with Crippen molar-refractivity contribution in [3.63, 3.8) is 0 Å². The van der Waals surface area contributed by atoms with E-state index in [9.17, 15) is 9.59 Å². The second kappa shape index (κ2) is 8.27. The van der Waals surface area contributed by atoms with Crippen LogP contribution in [0, 0.1) is 0 Å². The average molecular weight is 385 g/mol. The van der Waals surface area contributed by atoms with E-state index in [1.807, 2.05) is 44.2 Å². The molecule has 1 saturated heterocycles. The van der Waals surface area contributed by atoms with Crippen molar-refractivity contribution in [2.75, 3.05) is 0 Å². The number of halogens is 1. The van der Waals surface area contributed by atoms with Gasteiger partial charge in [0.25, 0.3) is 5.91 Å². The van der Waals surface area contributed by atoms with E-state index in [1.165, 1.54) is 4.90 Å². The molecular formula is C21H21ClN2O3. The molecule has 2 aromatic rings. The third kappa shape index (κ3) is 4.49. The van der Waals surface area contributed by atoms with Gasteiger partial charge in [-0.2, -0.15) is 0 Å². The summed E-state index contributed by atoms with van der Waals surface area (Å²) < 4.78 is 5.74. The first kappa shape index (κ1) is 19.0. The van der Waals surface area contributed by atoms with E-state index in [2.05, 4.69) is 5.32 Å². The fourth-order valence-corrected chi connectivity index (χ4v) is 2.88. The molecule has 0 radical (unpaired) electrons. The first-order valence-corrected chi connectivity index (χ1v) is 9.20. The number of carbonyl (C=O) groups excluding carboxylic acids is 2. The molecule has 2 aromatic carbocycles. The Morgan fingerprint density at radius 1 is 1.19 bits per heavy atom. The van der Waals surface area contributed by atoms with Crippen LogP contribution in [0.2, 0.25) is 5.02 Å². The van der Waals surface area contributed by atoms with Crippen LogP contribution in [0.15, 0.2) is 54.2 Å². The number of benzene rings is 2. The molecule has 0 unspecified atom stereocenters. The number of urea groups is 1. The summed E-state index contributed by atoms with van der Waals surface area (Å²) >= 11 is 6.28. The summed E-state index contributed by atoms with van der Waals surface area (Å²) in [6.45, 7) is 4.23. The molecule has 0 spiro atoms. The molecule has 0 aromatic heterocycles. The molecule has 3 rings (SSSR count). The highest BCUT2D eigenvalue weighted by Gasteiger charge is 2.33. The Morgan fingerprint density at radius 2 is 1.93 bits per heavy atom. The summed E-state index contributed by atoms with van der Waals surface area (Å²) in [4.78, 5) is 25.9. The van der Waals surface area contributed by atoms with E-state index in [4.69, 9.17) is 16.3 Å². The van der Waals surface area contributed by atoms with Gasteiger partial charge in [-0.1, -0.05) is 54.9 Å². The van der Waals surface area contributed by atoms with Gasteiger partial charge in [0.1, 0.15) is 11.4 Å². The zero-order valence-corrected chi connectivity index (χ0v) is 16.0. The quantitative estimate of drug-likeness (QED) is 0.584. The summed E-state index contributed by atoms with van der Waals surface area (Å²) in [5, 5.41) is 3.08. The Kier molecular flexibility index (Phi) is 5.81. The van der Waals surface area contributed by atoms with Crippen molar-refractivity contribution in [2.24, 2.45) is 0 Å². The molecule has 1 heterocycles. The van der Waals surface area contributed by atoms with Crippen molar-refractivity contribution in [1.82, 2.24) is 10.2 Å². The molecule has 1 fully saturated rings. The second-order valence-electron chi connectivity index (χ2n) is 6.39. The average Bonchev–Trinajstić information content (AvgIpc) is 2.92. The maximum Gasteiger partial charge on any atom is 0.329 e. The lowest BCUT2D eigenvalue weighted by Crippen LogP contribution is -2.30. The van der Waals surface area contributed by atoms with E-state index >= 15 is 0 Å². The topological polar surface area (TPSA) is 58.6 Å². The highest BCUT2D eigenvalue weighted by molar-refractivity contribution is 6.32. The highest BCUT2D eigenvalue weighted by atomic mass is 35.5. The van der Waals surface area contributed by atoms with Gasteiger partial charge >= 0.3 is 6.03 Å². The number of nitrogens with zero attached hydrogens (tertiary/aromatic N) is 1. The largest absolute Gasteiger partial charge is 0.489 e. The summed E-state index contributed by atoms with van der Waals surface area (Å²) in [6.07, 6.45) is 2.55. The summed E-state index contributed by atoms with van der Waals surface area (Å²) in [5.74, 6) is 0.237. The van der Waals surface area contributed by atoms with Crippen LogP contribution in [0.25, 0.3) is 6.08 Å². The van der Waals surface area contributed by atoms with Crippen LogP contribution >= 0.6 is 11.6 Å². The lowest BCUT2D eigenvalue weighted by molar-refractivity contribution is -0.123. The van der Waals surface area contributed by atoms with E-state index in [1.54, 1.807) is 24.3 Å². The van der Waals surface area contributed by atoms with Gasteiger partial charge < -0.3 is 10.1 Å². The third-order valence-electron chi connectivity index (χ3n) is 4.32. The van der Waals surface area contributed by atoms with Crippen molar-refractivity contribution < 1.29 is 14.3 Å². The zero-order chi connectivity index (χ0) is 19.4. The SMILES string of the molecule is CC[C@@H](C)Oc1ccc(/C=C2\NC(=O)N(Cc3ccccc3)C2=O)cc1Cl. The number of rotatable bonds is 6. The van der Waals surface area contributed by atoms with Gasteiger partial charge in [-0.25, -0.2) is 4.79 Å². The lowest BCUT2D eigenvalue weighted by atomic mass is 10.1. The minimum atomic E-state index is -0.432. The number of imide groups is 1. The van der Waals surface area contributed by atoms with Gasteiger partial charge in [-0.05, 0) is 42.7 Å². The van der Waals surface area contributed by atoms with Crippen molar-refractivity contribution in [3.8, 4) is 5.75 Å². The fourth-order valence-electron chi connectivity index (χ4n) is 2.65. The lowest BCUT2D eigenvalue weighted by Gasteiger charge is -2.14. The Hall–Kier alpha value is -2.79. The highest BCUT2D eigenvalue weighted by Crippen LogP contribution is 2.28. The maximum absolute atomic E-state index is 12.6. The Bertz CT molecular complexity index is 880. The molecule has 5 nitrogen and oxygen atoms in total. The first-order chi connectivity index (χ1) is 13.0. The number of hydrogen-bond donors (Lipinski definition) is 1. The molecule has 1 aliphatic rings. The molecule has 27 heavy (non-hydrogen) atoms. The van der Waals surface area contributed by atoms with E-state index in [0.717, 1.165) is 12.0 Å². The van der Waals surface area contributed by atoms with Gasteiger partial charge in [-0.15, -0.1) is 0 Å². The van der Waals surface area contributed by atoms with Gasteiger partial charge in [0.2, 0.25) is 0 Å². The van der Waals surface area contributed by atoms with Crippen LogP contribution in [-0.4, -0.2) is 22.9 Å². The predicted octanol–water partition coefficient (Wildman–Crippen LogP) is 4.61. The standard InChI is InChI=1S/C21H21ClN2O3/c1-3-14(2)27-19-10-9-16(11-17(19)22)12-18-20(25)24(21(26)23-18)13-15-7-5-4-6-8-15/h4-12,14H,3,13H2,1-2H3,(H,23,26)/b18-12-/t14-/m1/s1. The molecule has 1 atom stereocenters. The molecule has 0 aliphatic carbocycles. The molecular weight excluding hydrogens is 364 g/mol. The first-order valence-electron chi connectivity index (χ1n) is 8.82. The van der Waals surface area contributed by atoms with E-state index < -0.39 is 6.03 Å². The van der Waals surface area contributed by atoms with E-state index in [-0.39, 0.29) is 24.3 Å². The normalized spacial score (nSPS) is 16.6. The van der Waals surface area contributed by atoms with Gasteiger partial charge in [0.15, 0.2) is 0 Å². The zero-order valence-electron chi connectivity index (χ0n) is 15.2. The number of nitrogens with one attached hydrogen (secondary N) is 1. The Labute approximate surface area is 163 Å². The van der Waals surface area contributed by atoms with Crippen molar-refractivity contribution in [1.29, 1.82) is 0 Å². The van der Waals surface area contributed by atoms with Crippen LogP contribution in [0.4, 0.5) is 4.79 Å². The summed E-state index contributed by atoms with van der Waals surface area (Å²) in [6, 6.07) is 14.2. The van der Waals surface area contributed by atoms with Crippen molar-refractivity contribution in [3.05, 3.63) is 70.4 Å². The molecule has 0 saturated carbocycles. The smallest absolute Gasteiger partial charge is 0.329 e. The van der Waals surface area contributed by atoms with Crippen molar-refractivity contribution >= 4 is 29.6 Å². The van der Waals surface area contributed by atoms with Gasteiger partial charge in [0, 0.05) is 0 Å². The predicted molar refractivity (Wildman–Crippen MR) is 105 cm³/mol. The molecule has 1 aliphatic heterocycles. The van der Waals surface area contributed by atoms with Crippen LogP contribution in [0.1, 0.15) is 31.4 Å². The molecule has 140 valence electrons. The van der Waals surface area contributed by atoms with Gasteiger partial charge in [0.05, 0.1) is 17.7 Å². The monoisotopic (exact) mass is 384 g/mol.